The number of unbranched alkanes of at least 4 members (excludes halogenated alkanes) is 49. The van der Waals surface area contributed by atoms with Gasteiger partial charge in [-0.3, -0.25) is 9.59 Å². The molecule has 0 heterocycles. The van der Waals surface area contributed by atoms with E-state index in [-0.39, 0.29) is 32.2 Å². The molecule has 0 aliphatic heterocycles. The van der Waals surface area contributed by atoms with E-state index in [9.17, 15) is 19.5 Å². The van der Waals surface area contributed by atoms with Crippen molar-refractivity contribution in [1.29, 1.82) is 0 Å². The number of carbonyl (C=O) groups is 3. The third-order valence-corrected chi connectivity index (χ3v) is 16.9. The molecule has 0 aromatic rings. The molecule has 0 spiro atoms. The normalized spacial score (nSPS) is 12.8. The van der Waals surface area contributed by atoms with Crippen molar-refractivity contribution in [3.63, 3.8) is 0 Å². The summed E-state index contributed by atoms with van der Waals surface area (Å²) in [6.45, 7) is 4.91. The number of likely N-dealkylation sites (N-methyl/N-ethyl adjacent to an activating group) is 1. The van der Waals surface area contributed by atoms with Crippen molar-refractivity contribution in [2.45, 2.75) is 386 Å². The average Bonchev–Trinajstić information content (AvgIpc) is 3.48. The summed E-state index contributed by atoms with van der Waals surface area (Å²) in [4.78, 5) is 37.6. The fourth-order valence-electron chi connectivity index (χ4n) is 11.2. The molecule has 9 heteroatoms. The van der Waals surface area contributed by atoms with Crippen LogP contribution in [-0.2, 0) is 33.3 Å². The van der Waals surface area contributed by atoms with Gasteiger partial charge in [-0.05, 0) is 51.4 Å². The van der Waals surface area contributed by atoms with Crippen LogP contribution in [0.5, 0.6) is 0 Å². The van der Waals surface area contributed by atoms with Gasteiger partial charge in [-0.25, -0.2) is 4.79 Å². The second-order valence-corrected chi connectivity index (χ2v) is 26.6. The lowest BCUT2D eigenvalue weighted by Crippen LogP contribution is -2.40. The van der Waals surface area contributed by atoms with Crippen molar-refractivity contribution < 1.29 is 42.9 Å². The zero-order valence-corrected chi connectivity index (χ0v) is 57.3. The Balaban J connectivity index is 3.95. The van der Waals surface area contributed by atoms with Gasteiger partial charge in [-0.2, -0.15) is 0 Å². The van der Waals surface area contributed by atoms with Crippen LogP contribution in [0.2, 0.25) is 0 Å². The molecular formula is C76H144NO8+. The number of ether oxygens (including phenoxy) is 4. The van der Waals surface area contributed by atoms with Gasteiger partial charge >= 0.3 is 17.9 Å². The van der Waals surface area contributed by atoms with E-state index in [0.29, 0.717) is 23.9 Å². The summed E-state index contributed by atoms with van der Waals surface area (Å²) in [5.41, 5.74) is 0. The molecule has 500 valence electrons. The number of carboxylic acids is 1. The van der Waals surface area contributed by atoms with E-state index in [2.05, 4.69) is 50.3 Å². The predicted molar refractivity (Wildman–Crippen MR) is 364 cm³/mol. The van der Waals surface area contributed by atoms with E-state index < -0.39 is 24.3 Å². The molecule has 0 saturated heterocycles. The van der Waals surface area contributed by atoms with Gasteiger partial charge in [-0.1, -0.05) is 346 Å². The van der Waals surface area contributed by atoms with Crippen LogP contribution in [-0.4, -0.2) is 87.4 Å². The van der Waals surface area contributed by atoms with Crippen molar-refractivity contribution >= 4 is 17.9 Å². The second kappa shape index (κ2) is 67.4. The molecule has 0 rings (SSSR count). The fraction of sp³-hybridized carbons (Fsp3) is 0.882. The first-order valence-corrected chi connectivity index (χ1v) is 37.2. The first-order chi connectivity index (χ1) is 41.6. The maximum atomic E-state index is 12.9. The number of aliphatic carboxylic acids is 1. The second-order valence-electron chi connectivity index (χ2n) is 26.6. The van der Waals surface area contributed by atoms with Crippen LogP contribution in [0, 0.1) is 0 Å². The lowest BCUT2D eigenvalue weighted by molar-refractivity contribution is -0.870. The van der Waals surface area contributed by atoms with Gasteiger partial charge in [0, 0.05) is 12.8 Å². The SMILES string of the molecule is CCCCCCC/C=C\C/C=C\C/C=C\CCCCCCCCC(=O)OC(COC(=O)CCCCCCCCCCCCCCCCCCCCCCCCCCCCCCCCCCCCCCCCC)COC(OCC[N+](C)(C)C)C(=O)O. The first-order valence-electron chi connectivity index (χ1n) is 37.2. The lowest BCUT2D eigenvalue weighted by Gasteiger charge is -2.25. The highest BCUT2D eigenvalue weighted by Gasteiger charge is 2.25. The van der Waals surface area contributed by atoms with Crippen LogP contribution in [0.15, 0.2) is 36.5 Å². The zero-order chi connectivity index (χ0) is 61.9. The molecule has 1 N–H and O–H groups in total. The van der Waals surface area contributed by atoms with Crippen molar-refractivity contribution in [2.24, 2.45) is 0 Å². The Labute approximate surface area is 528 Å². The standard InChI is InChI=1S/C76H143NO8/c1-6-8-10-12-14-16-18-20-22-24-26-28-29-30-31-32-33-34-35-36-37-38-39-40-41-42-43-44-45-47-48-50-52-54-56-58-60-62-64-66-73(78)83-70-72(71-84-76(75(80)81)82-69-68-77(3,4)5)85-74(79)67-65-63-61-59-57-55-53-51-49-46-27-25-23-21-19-17-15-13-11-9-7-2/h19,21,25,27,49,51,72,76H,6-18,20,22-24,26,28-48,50,52-71H2,1-5H3/p+1/b21-19-,27-25-,51-49-. The van der Waals surface area contributed by atoms with E-state index >= 15 is 0 Å². The fourth-order valence-corrected chi connectivity index (χ4v) is 11.2. The molecule has 2 atom stereocenters. The maximum Gasteiger partial charge on any atom is 0.361 e. The Kier molecular flexibility index (Phi) is 65.5. The van der Waals surface area contributed by atoms with Crippen LogP contribution in [0.25, 0.3) is 0 Å². The van der Waals surface area contributed by atoms with Crippen LogP contribution < -0.4 is 0 Å². The quantitative estimate of drug-likeness (QED) is 0.0211. The Morgan fingerprint density at radius 2 is 0.635 bits per heavy atom. The molecule has 0 fully saturated rings. The van der Waals surface area contributed by atoms with Gasteiger partial charge < -0.3 is 28.5 Å². The predicted octanol–water partition coefficient (Wildman–Crippen LogP) is 23.1. The van der Waals surface area contributed by atoms with Crippen molar-refractivity contribution in [3.8, 4) is 0 Å². The number of carboxylic acid groups (broad SMARTS) is 1. The number of carbonyl (C=O) groups excluding carboxylic acids is 2. The molecule has 0 aromatic carbocycles. The summed E-state index contributed by atoms with van der Waals surface area (Å²) in [5.74, 6) is -2.00. The molecular weight excluding hydrogens is 1050 g/mol. The number of hydrogen-bond donors (Lipinski definition) is 1. The summed E-state index contributed by atoms with van der Waals surface area (Å²) in [5, 5.41) is 9.74. The monoisotopic (exact) mass is 1200 g/mol. The van der Waals surface area contributed by atoms with Crippen LogP contribution >= 0.6 is 0 Å². The number of esters is 2. The highest BCUT2D eigenvalue weighted by Crippen LogP contribution is 2.19. The summed E-state index contributed by atoms with van der Waals surface area (Å²) in [6.07, 6.45) is 83.0. The van der Waals surface area contributed by atoms with E-state index in [4.69, 9.17) is 18.9 Å². The minimum atomic E-state index is -1.51. The Morgan fingerprint density at radius 3 is 0.941 bits per heavy atom. The highest BCUT2D eigenvalue weighted by molar-refractivity contribution is 5.71. The molecule has 0 radical (unpaired) electrons. The number of nitrogens with zero attached hydrogens (tertiary/aromatic N) is 1. The Bertz CT molecular complexity index is 1490. The number of hydrogen-bond acceptors (Lipinski definition) is 7. The van der Waals surface area contributed by atoms with E-state index in [1.54, 1.807) is 0 Å². The molecule has 9 nitrogen and oxygen atoms in total. The van der Waals surface area contributed by atoms with E-state index in [0.717, 1.165) is 57.8 Å². The third-order valence-electron chi connectivity index (χ3n) is 16.9. The largest absolute Gasteiger partial charge is 0.477 e. The van der Waals surface area contributed by atoms with Gasteiger partial charge in [0.15, 0.2) is 6.10 Å². The minimum absolute atomic E-state index is 0.184. The van der Waals surface area contributed by atoms with E-state index in [1.807, 2.05) is 21.1 Å². The third kappa shape index (κ3) is 68.9. The van der Waals surface area contributed by atoms with Gasteiger partial charge in [0.1, 0.15) is 13.2 Å². The van der Waals surface area contributed by atoms with Crippen molar-refractivity contribution in [2.75, 3.05) is 47.5 Å². The number of rotatable bonds is 70. The molecule has 0 amide bonds. The zero-order valence-electron chi connectivity index (χ0n) is 57.3. The van der Waals surface area contributed by atoms with Gasteiger partial charge in [0.25, 0.3) is 6.29 Å². The van der Waals surface area contributed by atoms with Gasteiger partial charge in [0.2, 0.25) is 0 Å². The summed E-state index contributed by atoms with van der Waals surface area (Å²) in [7, 11) is 5.98. The molecule has 0 aliphatic rings. The van der Waals surface area contributed by atoms with Crippen LogP contribution in [0.4, 0.5) is 0 Å². The Hall–Kier alpha value is -2.49. The minimum Gasteiger partial charge on any atom is -0.477 e. The smallest absolute Gasteiger partial charge is 0.361 e. The molecule has 0 aromatic heterocycles. The summed E-state index contributed by atoms with van der Waals surface area (Å²) < 4.78 is 23.0. The lowest BCUT2D eigenvalue weighted by atomic mass is 10.0. The van der Waals surface area contributed by atoms with Crippen LogP contribution in [0.1, 0.15) is 373 Å². The van der Waals surface area contributed by atoms with Gasteiger partial charge in [0.05, 0.1) is 34.4 Å². The molecule has 2 unspecified atom stereocenters. The highest BCUT2D eigenvalue weighted by atomic mass is 16.7. The van der Waals surface area contributed by atoms with Crippen molar-refractivity contribution in [3.05, 3.63) is 36.5 Å². The summed E-state index contributed by atoms with van der Waals surface area (Å²) in [6, 6.07) is 0. The molecule has 0 saturated carbocycles. The summed E-state index contributed by atoms with van der Waals surface area (Å²) >= 11 is 0. The Morgan fingerprint density at radius 1 is 0.353 bits per heavy atom. The number of allylic oxidation sites excluding steroid dienone is 6. The number of quaternary nitrogens is 1. The van der Waals surface area contributed by atoms with Gasteiger partial charge in [-0.15, -0.1) is 0 Å². The molecule has 0 aliphatic carbocycles. The molecule has 85 heavy (non-hydrogen) atoms. The first kappa shape index (κ1) is 82.5. The average molecular weight is 1200 g/mol. The van der Waals surface area contributed by atoms with Crippen LogP contribution in [0.3, 0.4) is 0 Å². The maximum absolute atomic E-state index is 12.9. The topological polar surface area (TPSA) is 108 Å². The molecule has 0 bridgehead atoms. The van der Waals surface area contributed by atoms with E-state index in [1.165, 1.54) is 283 Å². The van der Waals surface area contributed by atoms with Crippen molar-refractivity contribution in [1.82, 2.24) is 0 Å².